The number of fused-ring (bicyclic) bond motifs is 1. The van der Waals surface area contributed by atoms with Crippen molar-refractivity contribution in [3.63, 3.8) is 0 Å². The summed E-state index contributed by atoms with van der Waals surface area (Å²) in [4.78, 5) is 27.9. The van der Waals surface area contributed by atoms with Gasteiger partial charge < -0.3 is 24.2 Å². The van der Waals surface area contributed by atoms with Crippen LogP contribution in [0, 0.1) is 5.92 Å². The van der Waals surface area contributed by atoms with Crippen LogP contribution in [0.25, 0.3) is 5.76 Å². The minimum absolute atomic E-state index is 0.0576. The molecule has 2 atom stereocenters. The zero-order valence-corrected chi connectivity index (χ0v) is 21.5. The molecule has 192 valence electrons. The SMILES string of the molecule is COCCCN1C(=O)C(=O)C(=C(O)c2ccc3c(c2)C[C@H](C)O3)[C@@H]1c1cccc(OCCC(C)C)c1. The molecule has 0 saturated carbocycles. The molecule has 1 N–H and O–H groups in total. The van der Waals surface area contributed by atoms with Crippen LogP contribution in [0.1, 0.15) is 56.3 Å². The molecular weight excluding hydrogens is 458 g/mol. The summed E-state index contributed by atoms with van der Waals surface area (Å²) < 4.78 is 16.9. The van der Waals surface area contributed by atoms with Gasteiger partial charge in [-0.3, -0.25) is 9.59 Å². The van der Waals surface area contributed by atoms with Gasteiger partial charge in [-0.1, -0.05) is 26.0 Å². The molecule has 7 nitrogen and oxygen atoms in total. The van der Waals surface area contributed by atoms with Crippen molar-refractivity contribution in [2.45, 2.75) is 52.2 Å². The van der Waals surface area contributed by atoms with E-state index in [0.717, 1.165) is 24.2 Å². The summed E-state index contributed by atoms with van der Waals surface area (Å²) in [6.45, 7) is 7.62. The van der Waals surface area contributed by atoms with Crippen LogP contribution in [0.3, 0.4) is 0 Å². The molecule has 0 radical (unpaired) electrons. The minimum Gasteiger partial charge on any atom is -0.507 e. The number of aliphatic hydroxyl groups is 1. The molecule has 0 aromatic heterocycles. The van der Waals surface area contributed by atoms with Gasteiger partial charge in [0.1, 0.15) is 23.4 Å². The third-order valence-electron chi connectivity index (χ3n) is 6.59. The second kappa shape index (κ2) is 11.2. The summed E-state index contributed by atoms with van der Waals surface area (Å²) in [5, 5.41) is 11.4. The number of aliphatic hydroxyl groups excluding tert-OH is 1. The van der Waals surface area contributed by atoms with Crippen LogP contribution in [0.15, 0.2) is 48.0 Å². The van der Waals surface area contributed by atoms with Crippen LogP contribution in [-0.2, 0) is 20.7 Å². The molecule has 0 bridgehead atoms. The average molecular weight is 494 g/mol. The Morgan fingerprint density at radius 1 is 1.17 bits per heavy atom. The summed E-state index contributed by atoms with van der Waals surface area (Å²) in [6.07, 6.45) is 2.27. The van der Waals surface area contributed by atoms with Crippen molar-refractivity contribution in [1.82, 2.24) is 4.90 Å². The molecule has 2 aromatic rings. The number of carbonyl (C=O) groups excluding carboxylic acids is 2. The Hall–Kier alpha value is -3.32. The van der Waals surface area contributed by atoms with Crippen molar-refractivity contribution in [2.24, 2.45) is 5.92 Å². The second-order valence-electron chi connectivity index (χ2n) is 9.90. The highest BCUT2D eigenvalue weighted by atomic mass is 16.5. The maximum absolute atomic E-state index is 13.3. The van der Waals surface area contributed by atoms with Crippen LogP contribution in [0.2, 0.25) is 0 Å². The normalized spacial score (nSPS) is 20.6. The van der Waals surface area contributed by atoms with Crippen molar-refractivity contribution < 1.29 is 28.9 Å². The van der Waals surface area contributed by atoms with Crippen LogP contribution >= 0.6 is 0 Å². The highest BCUT2D eigenvalue weighted by Crippen LogP contribution is 2.41. The van der Waals surface area contributed by atoms with E-state index in [1.165, 1.54) is 4.90 Å². The van der Waals surface area contributed by atoms with Crippen molar-refractivity contribution >= 4 is 17.4 Å². The summed E-state index contributed by atoms with van der Waals surface area (Å²) in [5.41, 5.74) is 2.27. The van der Waals surface area contributed by atoms with E-state index in [2.05, 4.69) is 13.8 Å². The number of rotatable bonds is 10. The minimum atomic E-state index is -0.723. The Balaban J connectivity index is 1.74. The lowest BCUT2D eigenvalue weighted by atomic mass is 9.94. The van der Waals surface area contributed by atoms with Gasteiger partial charge in [0.05, 0.1) is 18.2 Å². The fourth-order valence-corrected chi connectivity index (χ4v) is 4.75. The maximum atomic E-state index is 13.3. The van der Waals surface area contributed by atoms with Gasteiger partial charge in [0.25, 0.3) is 11.7 Å². The van der Waals surface area contributed by atoms with E-state index >= 15 is 0 Å². The summed E-state index contributed by atoms with van der Waals surface area (Å²) in [7, 11) is 1.60. The lowest BCUT2D eigenvalue weighted by Gasteiger charge is -2.25. The molecular formula is C29H35NO6. The van der Waals surface area contributed by atoms with E-state index in [9.17, 15) is 14.7 Å². The number of likely N-dealkylation sites (tertiary alicyclic amines) is 1. The van der Waals surface area contributed by atoms with Crippen LogP contribution in [0.5, 0.6) is 11.5 Å². The molecule has 0 unspecified atom stereocenters. The largest absolute Gasteiger partial charge is 0.507 e. The van der Waals surface area contributed by atoms with Crippen LogP contribution < -0.4 is 9.47 Å². The standard InChI is InChI=1S/C29H35NO6/c1-18(2)11-14-35-23-8-5-7-20(17-23)26-25(28(32)29(33)30(26)12-6-13-34-4)27(31)21-9-10-24-22(16-21)15-19(3)36-24/h5,7-10,16-19,26,31H,6,11-15H2,1-4H3/t19-,26-/m0/s1. The molecule has 1 saturated heterocycles. The second-order valence-corrected chi connectivity index (χ2v) is 9.90. The number of amides is 1. The summed E-state index contributed by atoms with van der Waals surface area (Å²) in [6, 6.07) is 12.1. The highest BCUT2D eigenvalue weighted by Gasteiger charge is 2.46. The van der Waals surface area contributed by atoms with Crippen LogP contribution in [0.4, 0.5) is 0 Å². The highest BCUT2D eigenvalue weighted by molar-refractivity contribution is 6.46. The average Bonchev–Trinajstić information content (AvgIpc) is 3.34. The number of methoxy groups -OCH3 is 1. The Bertz CT molecular complexity index is 1150. The van der Waals surface area contributed by atoms with Gasteiger partial charge in [0.15, 0.2) is 0 Å². The Morgan fingerprint density at radius 3 is 2.72 bits per heavy atom. The van der Waals surface area contributed by atoms with E-state index in [1.807, 2.05) is 37.3 Å². The van der Waals surface area contributed by atoms with E-state index in [1.54, 1.807) is 19.2 Å². The van der Waals surface area contributed by atoms with E-state index in [4.69, 9.17) is 14.2 Å². The smallest absolute Gasteiger partial charge is 0.295 e. The summed E-state index contributed by atoms with van der Waals surface area (Å²) >= 11 is 0. The van der Waals surface area contributed by atoms with Crippen molar-refractivity contribution in [3.05, 3.63) is 64.7 Å². The molecule has 1 amide bonds. The van der Waals surface area contributed by atoms with E-state index in [0.29, 0.717) is 49.0 Å². The first-order chi connectivity index (χ1) is 17.3. The number of ketones is 1. The van der Waals surface area contributed by atoms with Gasteiger partial charge in [-0.05, 0) is 67.1 Å². The zero-order valence-electron chi connectivity index (χ0n) is 21.5. The molecule has 1 fully saturated rings. The van der Waals surface area contributed by atoms with Gasteiger partial charge in [-0.2, -0.15) is 0 Å². The van der Waals surface area contributed by atoms with Gasteiger partial charge in [-0.15, -0.1) is 0 Å². The molecule has 0 spiro atoms. The number of hydrogen-bond donors (Lipinski definition) is 1. The number of ether oxygens (including phenoxy) is 3. The molecule has 4 rings (SSSR count). The lowest BCUT2D eigenvalue weighted by Crippen LogP contribution is -2.31. The fourth-order valence-electron chi connectivity index (χ4n) is 4.75. The molecule has 2 aromatic carbocycles. The van der Waals surface area contributed by atoms with Crippen molar-refractivity contribution in [1.29, 1.82) is 0 Å². The first-order valence-electron chi connectivity index (χ1n) is 12.6. The Morgan fingerprint density at radius 2 is 1.97 bits per heavy atom. The number of carbonyl (C=O) groups is 2. The zero-order chi connectivity index (χ0) is 25.8. The lowest BCUT2D eigenvalue weighted by molar-refractivity contribution is -0.140. The monoisotopic (exact) mass is 493 g/mol. The first kappa shape index (κ1) is 25.8. The molecule has 36 heavy (non-hydrogen) atoms. The van der Waals surface area contributed by atoms with E-state index < -0.39 is 17.7 Å². The van der Waals surface area contributed by atoms with Gasteiger partial charge >= 0.3 is 0 Å². The number of hydrogen-bond acceptors (Lipinski definition) is 6. The number of benzene rings is 2. The van der Waals surface area contributed by atoms with Crippen molar-refractivity contribution in [2.75, 3.05) is 26.9 Å². The number of nitrogens with zero attached hydrogens (tertiary/aromatic N) is 1. The molecule has 7 heteroatoms. The molecule has 2 aliphatic rings. The maximum Gasteiger partial charge on any atom is 0.295 e. The fraction of sp³-hybridized carbons (Fsp3) is 0.448. The topological polar surface area (TPSA) is 85.3 Å². The predicted molar refractivity (Wildman–Crippen MR) is 137 cm³/mol. The van der Waals surface area contributed by atoms with Gasteiger partial charge in [0, 0.05) is 32.2 Å². The Kier molecular flexibility index (Phi) is 7.99. The van der Waals surface area contributed by atoms with Crippen LogP contribution in [-0.4, -0.2) is 54.7 Å². The third-order valence-corrected chi connectivity index (χ3v) is 6.59. The quantitative estimate of drug-likeness (QED) is 0.219. The number of Topliss-reactive ketones (excluding diaryl/α,β-unsaturated/α-hetero) is 1. The Labute approximate surface area is 212 Å². The van der Waals surface area contributed by atoms with Crippen molar-refractivity contribution in [3.8, 4) is 11.5 Å². The molecule has 2 aliphatic heterocycles. The summed E-state index contributed by atoms with van der Waals surface area (Å²) in [5.74, 6) is 0.469. The molecule has 0 aliphatic carbocycles. The first-order valence-corrected chi connectivity index (χ1v) is 12.6. The molecule has 2 heterocycles. The third kappa shape index (κ3) is 5.41. The van der Waals surface area contributed by atoms with Gasteiger partial charge in [0.2, 0.25) is 0 Å². The predicted octanol–water partition coefficient (Wildman–Crippen LogP) is 4.89. The van der Waals surface area contributed by atoms with Gasteiger partial charge in [-0.25, -0.2) is 0 Å². The van der Waals surface area contributed by atoms with E-state index in [-0.39, 0.29) is 17.4 Å².